The molecule has 0 fully saturated rings. The minimum Gasteiger partial charge on any atom is -0.378 e. The van der Waals surface area contributed by atoms with E-state index in [0.717, 1.165) is 22.5 Å². The summed E-state index contributed by atoms with van der Waals surface area (Å²) < 4.78 is 0. The smallest absolute Gasteiger partial charge is 0.252 e. The van der Waals surface area contributed by atoms with Crippen LogP contribution in [0.3, 0.4) is 0 Å². The number of carbonyl (C=O) groups excluding carboxylic acids is 2. The van der Waals surface area contributed by atoms with E-state index in [1.165, 1.54) is 0 Å². The molecule has 0 aromatic heterocycles. The van der Waals surface area contributed by atoms with Gasteiger partial charge in [0.2, 0.25) is 5.91 Å². The molecule has 0 radical (unpaired) electrons. The van der Waals surface area contributed by atoms with E-state index < -0.39 is 6.04 Å². The number of para-hydroxylation sites is 1. The lowest BCUT2D eigenvalue weighted by molar-refractivity contribution is -0.122. The second-order valence-corrected chi connectivity index (χ2v) is 9.42. The molecule has 3 aromatic rings. The summed E-state index contributed by atoms with van der Waals surface area (Å²) in [5.74, 6) is -0.135. The molecule has 6 nitrogen and oxygen atoms in total. The largest absolute Gasteiger partial charge is 0.378 e. The monoisotopic (exact) mass is 468 g/mol. The minimum atomic E-state index is -0.565. The number of amides is 2. The lowest BCUT2D eigenvalue weighted by Gasteiger charge is -2.25. The van der Waals surface area contributed by atoms with Crippen molar-refractivity contribution in [3.05, 3.63) is 90.0 Å². The summed E-state index contributed by atoms with van der Waals surface area (Å²) in [5.41, 5.74) is 5.01. The van der Waals surface area contributed by atoms with Crippen LogP contribution in [0.15, 0.2) is 83.9 Å². The molecule has 0 saturated carbocycles. The first-order valence-corrected chi connectivity index (χ1v) is 11.9. The summed E-state index contributed by atoms with van der Waals surface area (Å²) >= 11 is 0. The molecule has 0 spiro atoms. The molecule has 35 heavy (non-hydrogen) atoms. The highest BCUT2D eigenvalue weighted by atomic mass is 16.2. The lowest BCUT2D eigenvalue weighted by atomic mass is 10.00. The molecule has 0 unspecified atom stereocenters. The Bertz CT molecular complexity index is 1220. The lowest BCUT2D eigenvalue weighted by Crippen LogP contribution is -2.43. The quantitative estimate of drug-likeness (QED) is 0.531. The van der Waals surface area contributed by atoms with Crippen LogP contribution in [0.2, 0.25) is 0 Å². The highest BCUT2D eigenvalue weighted by Gasteiger charge is 2.33. The standard InChI is InChI=1S/C29H32N4O2/c1-20(2)18-25-29(35)33(19-27(34)30-22-14-16-23(17-15-22)32(3)4)26-13-9-8-12-24(26)28(31-25)21-10-6-5-7-11-21/h5-17,20,25H,18-19H2,1-4H3,(H,30,34)/t25-/m0/s1. The van der Waals surface area contributed by atoms with Crippen LogP contribution < -0.4 is 15.1 Å². The first kappa shape index (κ1) is 24.2. The van der Waals surface area contributed by atoms with Gasteiger partial charge in [-0.15, -0.1) is 0 Å². The molecule has 6 heteroatoms. The van der Waals surface area contributed by atoms with Gasteiger partial charge >= 0.3 is 0 Å². The first-order valence-electron chi connectivity index (χ1n) is 11.9. The van der Waals surface area contributed by atoms with Gasteiger partial charge in [0, 0.05) is 36.6 Å². The number of anilines is 3. The summed E-state index contributed by atoms with van der Waals surface area (Å²) in [7, 11) is 3.94. The number of nitrogens with zero attached hydrogens (tertiary/aromatic N) is 3. The van der Waals surface area contributed by atoms with Gasteiger partial charge in [-0.1, -0.05) is 62.4 Å². The molecular weight excluding hydrogens is 436 g/mol. The van der Waals surface area contributed by atoms with E-state index in [0.29, 0.717) is 17.8 Å². The SMILES string of the molecule is CC(C)C[C@@H]1N=C(c2ccccc2)c2ccccc2N(CC(=O)Nc2ccc(N(C)C)cc2)C1=O. The molecule has 1 heterocycles. The van der Waals surface area contributed by atoms with E-state index in [1.807, 2.05) is 97.9 Å². The van der Waals surface area contributed by atoms with Crippen LogP contribution in [-0.4, -0.2) is 44.2 Å². The summed E-state index contributed by atoms with van der Waals surface area (Å²) in [5, 5.41) is 2.94. The van der Waals surface area contributed by atoms with Crippen molar-refractivity contribution in [2.75, 3.05) is 35.8 Å². The average Bonchev–Trinajstić information content (AvgIpc) is 2.95. The summed E-state index contributed by atoms with van der Waals surface area (Å²) in [6, 6.07) is 24.7. The Morgan fingerprint density at radius 3 is 2.29 bits per heavy atom. The molecule has 1 N–H and O–H groups in total. The third-order valence-corrected chi connectivity index (χ3v) is 6.00. The molecule has 3 aromatic carbocycles. The summed E-state index contributed by atoms with van der Waals surface area (Å²) in [6.07, 6.45) is 0.604. The second kappa shape index (κ2) is 10.6. The van der Waals surface area contributed by atoms with Gasteiger partial charge in [0.15, 0.2) is 0 Å². The number of rotatable bonds is 7. The normalized spacial score (nSPS) is 15.3. The first-order chi connectivity index (χ1) is 16.8. The van der Waals surface area contributed by atoms with Crippen LogP contribution in [0.1, 0.15) is 31.4 Å². The summed E-state index contributed by atoms with van der Waals surface area (Å²) in [6.45, 7) is 4.08. The van der Waals surface area contributed by atoms with E-state index >= 15 is 0 Å². The van der Waals surface area contributed by atoms with Crippen molar-refractivity contribution >= 4 is 34.6 Å². The average molecular weight is 469 g/mol. The van der Waals surface area contributed by atoms with Crippen molar-refractivity contribution in [2.45, 2.75) is 26.3 Å². The Balaban J connectivity index is 1.67. The molecule has 1 aliphatic rings. The van der Waals surface area contributed by atoms with Crippen molar-refractivity contribution in [2.24, 2.45) is 10.9 Å². The van der Waals surface area contributed by atoms with Gasteiger partial charge in [0.1, 0.15) is 12.6 Å². The van der Waals surface area contributed by atoms with E-state index in [1.54, 1.807) is 4.90 Å². The van der Waals surface area contributed by atoms with Gasteiger partial charge in [0.05, 0.1) is 11.4 Å². The number of benzene rings is 3. The molecule has 4 rings (SSSR count). The fourth-order valence-corrected chi connectivity index (χ4v) is 4.26. The van der Waals surface area contributed by atoms with Crippen molar-refractivity contribution in [3.8, 4) is 0 Å². The van der Waals surface area contributed by atoms with Crippen molar-refractivity contribution in [1.29, 1.82) is 0 Å². The van der Waals surface area contributed by atoms with Crippen molar-refractivity contribution in [1.82, 2.24) is 0 Å². The van der Waals surface area contributed by atoms with E-state index in [9.17, 15) is 9.59 Å². The van der Waals surface area contributed by atoms with Gasteiger partial charge in [-0.05, 0) is 42.7 Å². The topological polar surface area (TPSA) is 65.0 Å². The zero-order valence-electron chi connectivity index (χ0n) is 20.7. The Hall–Kier alpha value is -3.93. The molecule has 0 aliphatic carbocycles. The maximum Gasteiger partial charge on any atom is 0.252 e. The molecule has 0 saturated heterocycles. The molecule has 180 valence electrons. The highest BCUT2D eigenvalue weighted by Crippen LogP contribution is 2.30. The molecule has 1 atom stereocenters. The van der Waals surface area contributed by atoms with Crippen LogP contribution in [0.25, 0.3) is 0 Å². The van der Waals surface area contributed by atoms with Gasteiger partial charge < -0.3 is 15.1 Å². The fraction of sp³-hybridized carbons (Fsp3) is 0.276. The Morgan fingerprint density at radius 2 is 1.63 bits per heavy atom. The Morgan fingerprint density at radius 1 is 0.971 bits per heavy atom. The Labute approximate surface area is 207 Å². The number of fused-ring (bicyclic) bond motifs is 1. The van der Waals surface area contributed by atoms with Crippen LogP contribution in [-0.2, 0) is 9.59 Å². The number of hydrogen-bond donors (Lipinski definition) is 1. The fourth-order valence-electron chi connectivity index (χ4n) is 4.26. The zero-order chi connectivity index (χ0) is 24.9. The van der Waals surface area contributed by atoms with Gasteiger partial charge in [0.25, 0.3) is 5.91 Å². The van der Waals surface area contributed by atoms with Crippen molar-refractivity contribution in [3.63, 3.8) is 0 Å². The third-order valence-electron chi connectivity index (χ3n) is 6.00. The molecule has 2 amide bonds. The predicted octanol–water partition coefficient (Wildman–Crippen LogP) is 4.99. The number of benzodiazepines with no additional fused rings is 1. The molecule has 0 bridgehead atoms. The van der Waals surface area contributed by atoms with Gasteiger partial charge in [-0.3, -0.25) is 14.6 Å². The van der Waals surface area contributed by atoms with Gasteiger partial charge in [-0.2, -0.15) is 0 Å². The zero-order valence-corrected chi connectivity index (χ0v) is 20.7. The number of aliphatic imine (C=N–C) groups is 1. The Kier molecular flexibility index (Phi) is 7.30. The van der Waals surface area contributed by atoms with Crippen LogP contribution in [0.5, 0.6) is 0 Å². The van der Waals surface area contributed by atoms with Crippen molar-refractivity contribution < 1.29 is 9.59 Å². The van der Waals surface area contributed by atoms with Crippen LogP contribution in [0.4, 0.5) is 17.1 Å². The number of nitrogens with one attached hydrogen (secondary N) is 1. The van der Waals surface area contributed by atoms with Gasteiger partial charge in [-0.25, -0.2) is 0 Å². The maximum atomic E-state index is 13.8. The molecule has 1 aliphatic heterocycles. The maximum absolute atomic E-state index is 13.8. The molecular formula is C29H32N4O2. The van der Waals surface area contributed by atoms with E-state index in [4.69, 9.17) is 4.99 Å². The predicted molar refractivity (Wildman–Crippen MR) is 144 cm³/mol. The number of hydrogen-bond acceptors (Lipinski definition) is 4. The second-order valence-electron chi connectivity index (χ2n) is 9.42. The van der Waals surface area contributed by atoms with Crippen LogP contribution in [0, 0.1) is 5.92 Å². The van der Waals surface area contributed by atoms with E-state index in [2.05, 4.69) is 19.2 Å². The highest BCUT2D eigenvalue weighted by molar-refractivity contribution is 6.21. The third kappa shape index (κ3) is 5.60. The van der Waals surface area contributed by atoms with E-state index in [-0.39, 0.29) is 24.3 Å². The minimum absolute atomic E-state index is 0.0858. The number of carbonyl (C=O) groups is 2. The summed E-state index contributed by atoms with van der Waals surface area (Å²) in [4.78, 5) is 35.4. The van der Waals surface area contributed by atoms with Crippen LogP contribution >= 0.6 is 0 Å².